The Hall–Kier alpha value is -2.86. The maximum absolute atomic E-state index is 12.6. The van der Waals surface area contributed by atoms with E-state index in [1.165, 1.54) is 12.2 Å². The first-order valence-electron chi connectivity index (χ1n) is 11.7. The molecular weight excluding hydrogens is 418 g/mol. The molecule has 1 aromatic carbocycles. The lowest BCUT2D eigenvalue weighted by atomic mass is 9.89. The highest BCUT2D eigenvalue weighted by atomic mass is 16.5. The summed E-state index contributed by atoms with van der Waals surface area (Å²) in [6.07, 6.45) is 12.8. The number of cyclic esters (lactones) is 1. The van der Waals surface area contributed by atoms with Gasteiger partial charge in [0.15, 0.2) is 0 Å². The number of allylic oxidation sites excluding steroid dienone is 2. The van der Waals surface area contributed by atoms with Crippen molar-refractivity contribution in [2.24, 2.45) is 11.8 Å². The van der Waals surface area contributed by atoms with Crippen LogP contribution in [0.1, 0.15) is 44.6 Å². The first-order valence-corrected chi connectivity index (χ1v) is 11.7. The molecule has 2 aliphatic rings. The number of esters is 2. The number of carbonyl (C=O) groups excluding carboxylic acids is 2. The van der Waals surface area contributed by atoms with Gasteiger partial charge < -0.3 is 19.5 Å². The molecule has 0 spiro atoms. The summed E-state index contributed by atoms with van der Waals surface area (Å²) in [5.41, 5.74) is 1.96. The molecule has 0 aromatic heterocycles. The first kappa shape index (κ1) is 24.8. The molecular formula is C27H35NO5. The topological polar surface area (TPSA) is 76.1 Å². The van der Waals surface area contributed by atoms with Crippen molar-refractivity contribution in [3.63, 3.8) is 0 Å². The molecule has 1 heterocycles. The molecule has 33 heavy (non-hydrogen) atoms. The molecule has 0 amide bonds. The first-order chi connectivity index (χ1) is 15.8. The Balaban J connectivity index is 1.75. The Kier molecular flexibility index (Phi) is 8.89. The van der Waals surface area contributed by atoms with Gasteiger partial charge in [-0.25, -0.2) is 9.59 Å². The van der Waals surface area contributed by atoms with Crippen molar-refractivity contribution in [3.05, 3.63) is 60.2 Å². The third-order valence-corrected chi connectivity index (χ3v) is 6.24. The fraction of sp³-hybridized carbons (Fsp3) is 0.481. The van der Waals surface area contributed by atoms with Gasteiger partial charge >= 0.3 is 11.9 Å². The van der Waals surface area contributed by atoms with Crippen molar-refractivity contribution in [2.45, 2.75) is 57.3 Å². The second-order valence-corrected chi connectivity index (χ2v) is 9.14. The van der Waals surface area contributed by atoms with Crippen molar-refractivity contribution < 1.29 is 24.2 Å². The van der Waals surface area contributed by atoms with Gasteiger partial charge in [-0.1, -0.05) is 24.3 Å². The monoisotopic (exact) mass is 453 g/mol. The molecule has 0 radical (unpaired) electrons. The fourth-order valence-electron chi connectivity index (χ4n) is 4.43. The van der Waals surface area contributed by atoms with Gasteiger partial charge in [0.1, 0.15) is 6.10 Å². The van der Waals surface area contributed by atoms with E-state index in [2.05, 4.69) is 12.2 Å². The van der Waals surface area contributed by atoms with E-state index in [0.29, 0.717) is 12.8 Å². The summed E-state index contributed by atoms with van der Waals surface area (Å²) >= 11 is 0. The summed E-state index contributed by atoms with van der Waals surface area (Å²) < 4.78 is 11.2. The second-order valence-electron chi connectivity index (χ2n) is 9.14. The highest BCUT2D eigenvalue weighted by Gasteiger charge is 2.38. The van der Waals surface area contributed by atoms with Crippen molar-refractivity contribution in [1.29, 1.82) is 0 Å². The summed E-state index contributed by atoms with van der Waals surface area (Å²) in [7, 11) is 3.94. The molecule has 1 fully saturated rings. The van der Waals surface area contributed by atoms with Crippen molar-refractivity contribution in [2.75, 3.05) is 19.0 Å². The average molecular weight is 454 g/mol. The number of fused-ring (bicyclic) bond motifs is 1. The zero-order valence-corrected chi connectivity index (χ0v) is 19.7. The number of anilines is 1. The maximum Gasteiger partial charge on any atom is 0.331 e. The minimum absolute atomic E-state index is 0.0826. The molecule has 1 N–H and O–H groups in total. The van der Waals surface area contributed by atoms with Gasteiger partial charge in [-0.2, -0.15) is 0 Å². The average Bonchev–Trinajstić information content (AvgIpc) is 3.15. The maximum atomic E-state index is 12.6. The van der Waals surface area contributed by atoms with Gasteiger partial charge in [-0.15, -0.1) is 0 Å². The van der Waals surface area contributed by atoms with Crippen LogP contribution in [0.4, 0.5) is 5.69 Å². The van der Waals surface area contributed by atoms with Crippen molar-refractivity contribution >= 4 is 23.7 Å². The molecule has 3 rings (SSSR count). The molecule has 0 saturated heterocycles. The molecule has 1 saturated carbocycles. The van der Waals surface area contributed by atoms with Crippen LogP contribution in [0, 0.1) is 11.8 Å². The van der Waals surface area contributed by atoms with E-state index in [1.54, 1.807) is 12.2 Å². The zero-order chi connectivity index (χ0) is 23.8. The van der Waals surface area contributed by atoms with E-state index in [4.69, 9.17) is 9.47 Å². The number of hydrogen-bond donors (Lipinski definition) is 1. The predicted molar refractivity (Wildman–Crippen MR) is 130 cm³/mol. The van der Waals surface area contributed by atoms with Crippen LogP contribution in [-0.2, 0) is 19.1 Å². The summed E-state index contributed by atoms with van der Waals surface area (Å²) in [5.74, 6) is -0.951. The minimum atomic E-state index is -0.631. The molecule has 1 aliphatic heterocycles. The number of aliphatic hydroxyl groups is 1. The Morgan fingerprint density at radius 2 is 1.94 bits per heavy atom. The smallest absolute Gasteiger partial charge is 0.331 e. The molecule has 1 aliphatic carbocycles. The van der Waals surface area contributed by atoms with Crippen LogP contribution in [0.5, 0.6) is 0 Å². The summed E-state index contributed by atoms with van der Waals surface area (Å²) in [6, 6.07) is 7.83. The van der Waals surface area contributed by atoms with Gasteiger partial charge in [0.05, 0.1) is 12.2 Å². The predicted octanol–water partition coefficient (Wildman–Crippen LogP) is 4.29. The van der Waals surface area contributed by atoms with Crippen LogP contribution < -0.4 is 4.90 Å². The van der Waals surface area contributed by atoms with Crippen LogP contribution in [0.25, 0.3) is 6.08 Å². The number of aliphatic hydroxyl groups excluding tert-OH is 1. The zero-order valence-electron chi connectivity index (χ0n) is 19.7. The number of benzene rings is 1. The van der Waals surface area contributed by atoms with E-state index in [9.17, 15) is 14.7 Å². The van der Waals surface area contributed by atoms with Crippen molar-refractivity contribution in [3.8, 4) is 0 Å². The number of nitrogens with zero attached hydrogens (tertiary/aromatic N) is 1. The largest absolute Gasteiger partial charge is 0.460 e. The number of rotatable bonds is 4. The van der Waals surface area contributed by atoms with Crippen LogP contribution in [0.3, 0.4) is 0 Å². The van der Waals surface area contributed by atoms with Gasteiger partial charge in [-0.05, 0) is 74.8 Å². The van der Waals surface area contributed by atoms with E-state index >= 15 is 0 Å². The molecule has 6 nitrogen and oxygen atoms in total. The van der Waals surface area contributed by atoms with E-state index in [0.717, 1.165) is 30.5 Å². The van der Waals surface area contributed by atoms with Crippen LogP contribution >= 0.6 is 0 Å². The Morgan fingerprint density at radius 3 is 2.67 bits per heavy atom. The normalized spacial score (nSPS) is 30.3. The lowest BCUT2D eigenvalue weighted by molar-refractivity contribution is -0.145. The van der Waals surface area contributed by atoms with Gasteiger partial charge in [0, 0.05) is 37.9 Å². The van der Waals surface area contributed by atoms with E-state index in [1.807, 2.05) is 50.2 Å². The Bertz CT molecular complexity index is 886. The molecule has 0 unspecified atom stereocenters. The van der Waals surface area contributed by atoms with Gasteiger partial charge in [0.2, 0.25) is 0 Å². The molecule has 178 valence electrons. The highest BCUT2D eigenvalue weighted by Crippen LogP contribution is 2.37. The summed E-state index contributed by atoms with van der Waals surface area (Å²) in [6.45, 7) is 1.88. The third-order valence-electron chi connectivity index (χ3n) is 6.24. The van der Waals surface area contributed by atoms with Gasteiger partial charge in [0.25, 0.3) is 0 Å². The third kappa shape index (κ3) is 7.60. The number of ether oxygens (including phenoxy) is 2. The van der Waals surface area contributed by atoms with E-state index < -0.39 is 24.1 Å². The quantitative estimate of drug-likeness (QED) is 0.416. The standard InChI is InChI=1S/C27H35NO5/c1-19-7-5-4-6-8-21-17-23(29)18-24(21)25(14-16-26(30)32-19)33-27(31)15-11-20-9-12-22(13-10-20)28(2)3/h6,8-16,19,21,23-25,29H,4-5,7,17-18H2,1-3H3/b8-6+,15-11+,16-14+/t19-,21+,23-,24+,25+/m0/s1. The van der Waals surface area contributed by atoms with Gasteiger partial charge in [-0.3, -0.25) is 0 Å². The Labute approximate surface area is 196 Å². The highest BCUT2D eigenvalue weighted by molar-refractivity contribution is 5.87. The fourth-order valence-corrected chi connectivity index (χ4v) is 4.43. The SMILES string of the molecule is C[C@H]1CCC/C=C/[C@@H]2C[C@H](O)C[C@H]2[C@H](OC(=O)/C=C/c2ccc(N(C)C)cc2)/C=C/C(=O)O1. The summed E-state index contributed by atoms with van der Waals surface area (Å²) in [5, 5.41) is 10.3. The lowest BCUT2D eigenvalue weighted by Crippen LogP contribution is -2.27. The number of hydrogen-bond acceptors (Lipinski definition) is 6. The second kappa shape index (κ2) is 11.8. The molecule has 5 atom stereocenters. The molecule has 6 heteroatoms. The van der Waals surface area contributed by atoms with Crippen LogP contribution in [0.2, 0.25) is 0 Å². The molecule has 1 aromatic rings. The van der Waals surface area contributed by atoms with Crippen molar-refractivity contribution in [1.82, 2.24) is 0 Å². The Morgan fingerprint density at radius 1 is 1.18 bits per heavy atom. The summed E-state index contributed by atoms with van der Waals surface area (Å²) in [4.78, 5) is 26.9. The van der Waals surface area contributed by atoms with Crippen LogP contribution in [0.15, 0.2) is 54.6 Å². The van der Waals surface area contributed by atoms with Crippen LogP contribution in [-0.4, -0.2) is 49.5 Å². The lowest BCUT2D eigenvalue weighted by Gasteiger charge is -2.24. The number of carbonyl (C=O) groups is 2. The van der Waals surface area contributed by atoms with E-state index in [-0.39, 0.29) is 17.9 Å². The molecule has 0 bridgehead atoms. The minimum Gasteiger partial charge on any atom is -0.460 e.